The van der Waals surface area contributed by atoms with Gasteiger partial charge in [-0.1, -0.05) is 29.8 Å². The summed E-state index contributed by atoms with van der Waals surface area (Å²) in [6.45, 7) is 3.87. The molecule has 0 saturated carbocycles. The third kappa shape index (κ3) is 4.39. The molecule has 0 aliphatic carbocycles. The van der Waals surface area contributed by atoms with E-state index < -0.39 is 0 Å². The van der Waals surface area contributed by atoms with E-state index in [0.717, 1.165) is 15.0 Å². The van der Waals surface area contributed by atoms with E-state index in [-0.39, 0.29) is 12.5 Å². The van der Waals surface area contributed by atoms with Crippen molar-refractivity contribution >= 4 is 34.3 Å². The second-order valence-corrected chi connectivity index (χ2v) is 6.85. The fourth-order valence-corrected chi connectivity index (χ4v) is 2.90. The Kier molecular flexibility index (Phi) is 5.37. The van der Waals surface area contributed by atoms with E-state index in [0.29, 0.717) is 11.6 Å². The Hall–Kier alpha value is -2.35. The molecule has 1 N–H and O–H groups in total. The lowest BCUT2D eigenvalue weighted by Gasteiger charge is -2.10. The maximum atomic E-state index is 12.3. The number of para-hydroxylation sites is 1. The van der Waals surface area contributed by atoms with Gasteiger partial charge >= 0.3 is 0 Å². The molecule has 0 bridgehead atoms. The zero-order valence-electron chi connectivity index (χ0n) is 14.0. The number of amides is 1. The molecule has 0 aliphatic rings. The number of nitrogens with zero attached hydrogens (tertiary/aromatic N) is 2. The summed E-state index contributed by atoms with van der Waals surface area (Å²) in [7, 11) is 0. The molecule has 0 unspecified atom stereocenters. The molecule has 0 atom stereocenters. The first kappa shape index (κ1) is 17.5. The van der Waals surface area contributed by atoms with Crippen molar-refractivity contribution in [3.63, 3.8) is 0 Å². The first-order chi connectivity index (χ1) is 12.0. The molecule has 0 aliphatic heterocycles. The van der Waals surface area contributed by atoms with E-state index in [9.17, 15) is 4.79 Å². The molecular weight excluding hydrogens is 429 g/mol. The van der Waals surface area contributed by atoms with Crippen molar-refractivity contribution in [3.05, 3.63) is 69.4 Å². The number of aromatic nitrogens is 2. The Morgan fingerprint density at radius 2 is 1.88 bits per heavy atom. The smallest absolute Gasteiger partial charge is 0.263 e. The largest absolute Gasteiger partial charge is 0.483 e. The van der Waals surface area contributed by atoms with Gasteiger partial charge in [-0.25, -0.2) is 4.68 Å². The second-order valence-electron chi connectivity index (χ2n) is 5.69. The van der Waals surface area contributed by atoms with E-state index in [1.54, 1.807) is 4.68 Å². The first-order valence-electron chi connectivity index (χ1n) is 7.84. The van der Waals surface area contributed by atoms with Gasteiger partial charge in [0.25, 0.3) is 5.91 Å². The topological polar surface area (TPSA) is 56.2 Å². The van der Waals surface area contributed by atoms with Crippen molar-refractivity contribution < 1.29 is 9.53 Å². The molecule has 5 nitrogen and oxygen atoms in total. The number of rotatable bonds is 5. The molecule has 3 rings (SSSR count). The van der Waals surface area contributed by atoms with E-state index >= 15 is 0 Å². The van der Waals surface area contributed by atoms with Gasteiger partial charge in [-0.05, 0) is 60.7 Å². The van der Waals surface area contributed by atoms with Gasteiger partial charge in [0.1, 0.15) is 11.6 Å². The third-order valence-corrected chi connectivity index (χ3v) is 4.46. The standard InChI is InChI=1S/C19H18IN3O2/c1-13-7-9-15(10-8-13)23-18(11-14(2)22-23)21-19(24)12-25-17-6-4-3-5-16(17)20/h3-11H,12H2,1-2H3,(H,21,24). The van der Waals surface area contributed by atoms with Gasteiger partial charge in [-0.2, -0.15) is 5.10 Å². The molecule has 0 fully saturated rings. The number of carbonyl (C=O) groups is 1. The first-order valence-corrected chi connectivity index (χ1v) is 8.92. The summed E-state index contributed by atoms with van der Waals surface area (Å²) in [6, 6.07) is 17.4. The van der Waals surface area contributed by atoms with Crippen LogP contribution in [0, 0.1) is 17.4 Å². The molecule has 3 aromatic rings. The van der Waals surface area contributed by atoms with Gasteiger partial charge in [0.2, 0.25) is 0 Å². The summed E-state index contributed by atoms with van der Waals surface area (Å²) in [5.41, 5.74) is 2.89. The monoisotopic (exact) mass is 447 g/mol. The predicted octanol–water partition coefficient (Wildman–Crippen LogP) is 4.11. The fourth-order valence-electron chi connectivity index (χ4n) is 2.36. The maximum absolute atomic E-state index is 12.3. The molecule has 128 valence electrons. The van der Waals surface area contributed by atoms with Crippen molar-refractivity contribution in [2.24, 2.45) is 0 Å². The number of anilines is 1. The van der Waals surface area contributed by atoms with Crippen LogP contribution in [0.4, 0.5) is 5.82 Å². The summed E-state index contributed by atoms with van der Waals surface area (Å²) in [5, 5.41) is 7.32. The maximum Gasteiger partial charge on any atom is 0.263 e. The Morgan fingerprint density at radius 1 is 1.16 bits per heavy atom. The van der Waals surface area contributed by atoms with Crippen LogP contribution in [0.5, 0.6) is 5.75 Å². The van der Waals surface area contributed by atoms with Crippen LogP contribution in [0.15, 0.2) is 54.6 Å². The molecule has 0 radical (unpaired) electrons. The highest BCUT2D eigenvalue weighted by Gasteiger charge is 2.12. The molecule has 2 aromatic carbocycles. The zero-order chi connectivity index (χ0) is 17.8. The van der Waals surface area contributed by atoms with Gasteiger partial charge < -0.3 is 10.1 Å². The van der Waals surface area contributed by atoms with Gasteiger partial charge in [0.15, 0.2) is 6.61 Å². The van der Waals surface area contributed by atoms with Crippen LogP contribution in [0.3, 0.4) is 0 Å². The van der Waals surface area contributed by atoms with Crippen LogP contribution in [-0.4, -0.2) is 22.3 Å². The minimum absolute atomic E-state index is 0.0574. The van der Waals surface area contributed by atoms with E-state index in [2.05, 4.69) is 33.0 Å². The SMILES string of the molecule is Cc1ccc(-n2nc(C)cc2NC(=O)COc2ccccc2I)cc1. The molecular formula is C19H18IN3O2. The number of nitrogens with one attached hydrogen (secondary N) is 1. The molecule has 25 heavy (non-hydrogen) atoms. The summed E-state index contributed by atoms with van der Waals surface area (Å²) in [5.74, 6) is 1.09. The minimum atomic E-state index is -0.229. The number of ether oxygens (including phenoxy) is 1. The lowest BCUT2D eigenvalue weighted by atomic mass is 10.2. The average Bonchev–Trinajstić information content (AvgIpc) is 2.95. The number of aryl methyl sites for hydroxylation is 2. The van der Waals surface area contributed by atoms with Crippen molar-refractivity contribution in [2.45, 2.75) is 13.8 Å². The lowest BCUT2D eigenvalue weighted by molar-refractivity contribution is -0.118. The quantitative estimate of drug-likeness (QED) is 0.599. The number of hydrogen-bond acceptors (Lipinski definition) is 3. The highest BCUT2D eigenvalue weighted by molar-refractivity contribution is 14.1. The van der Waals surface area contributed by atoms with Crippen molar-refractivity contribution in [2.75, 3.05) is 11.9 Å². The molecule has 1 amide bonds. The van der Waals surface area contributed by atoms with Crippen molar-refractivity contribution in [1.29, 1.82) is 0 Å². The Bertz CT molecular complexity index is 888. The predicted molar refractivity (Wildman–Crippen MR) is 106 cm³/mol. The van der Waals surface area contributed by atoms with Crippen molar-refractivity contribution in [3.8, 4) is 11.4 Å². The van der Waals surface area contributed by atoms with Crippen LogP contribution in [0.25, 0.3) is 5.69 Å². The lowest BCUT2D eigenvalue weighted by Crippen LogP contribution is -2.22. The summed E-state index contributed by atoms with van der Waals surface area (Å²) >= 11 is 2.18. The van der Waals surface area contributed by atoms with Gasteiger partial charge in [0.05, 0.1) is 15.0 Å². The van der Waals surface area contributed by atoms with Crippen molar-refractivity contribution in [1.82, 2.24) is 9.78 Å². The number of halogens is 1. The van der Waals surface area contributed by atoms with E-state index in [1.807, 2.05) is 68.4 Å². The van der Waals surface area contributed by atoms with Crippen LogP contribution < -0.4 is 10.1 Å². The Labute approximate surface area is 160 Å². The molecule has 6 heteroatoms. The summed E-state index contributed by atoms with van der Waals surface area (Å²) < 4.78 is 8.28. The second kappa shape index (κ2) is 7.69. The zero-order valence-corrected chi connectivity index (χ0v) is 16.1. The number of carbonyl (C=O) groups excluding carboxylic acids is 1. The number of hydrogen-bond donors (Lipinski definition) is 1. The van der Waals surface area contributed by atoms with Crippen LogP contribution in [0.2, 0.25) is 0 Å². The van der Waals surface area contributed by atoms with Gasteiger partial charge in [0, 0.05) is 6.07 Å². The molecule has 1 aromatic heterocycles. The van der Waals surface area contributed by atoms with Gasteiger partial charge in [-0.3, -0.25) is 4.79 Å². The highest BCUT2D eigenvalue weighted by atomic mass is 127. The summed E-state index contributed by atoms with van der Waals surface area (Å²) in [6.07, 6.45) is 0. The van der Waals surface area contributed by atoms with E-state index in [1.165, 1.54) is 5.56 Å². The summed E-state index contributed by atoms with van der Waals surface area (Å²) in [4.78, 5) is 12.3. The third-order valence-electron chi connectivity index (χ3n) is 3.57. The van der Waals surface area contributed by atoms with Crippen LogP contribution in [0.1, 0.15) is 11.3 Å². The Balaban J connectivity index is 1.71. The van der Waals surface area contributed by atoms with E-state index in [4.69, 9.17) is 4.74 Å². The minimum Gasteiger partial charge on any atom is -0.483 e. The normalized spacial score (nSPS) is 10.5. The fraction of sp³-hybridized carbons (Fsp3) is 0.158. The molecule has 1 heterocycles. The average molecular weight is 447 g/mol. The highest BCUT2D eigenvalue weighted by Crippen LogP contribution is 2.20. The Morgan fingerprint density at radius 3 is 2.60 bits per heavy atom. The van der Waals surface area contributed by atoms with Gasteiger partial charge in [-0.15, -0.1) is 0 Å². The number of benzene rings is 2. The molecule has 0 spiro atoms. The van der Waals surface area contributed by atoms with Crippen LogP contribution >= 0.6 is 22.6 Å². The molecule has 0 saturated heterocycles. The van der Waals surface area contributed by atoms with Crippen LogP contribution in [-0.2, 0) is 4.79 Å².